The van der Waals surface area contributed by atoms with Crippen LogP contribution in [-0.2, 0) is 9.53 Å². The highest BCUT2D eigenvalue weighted by Crippen LogP contribution is 2.46. The maximum absolute atomic E-state index is 13.2. The lowest BCUT2D eigenvalue weighted by molar-refractivity contribution is -0.985. The molecule has 2 fully saturated rings. The number of esters is 1. The van der Waals surface area contributed by atoms with E-state index in [1.165, 1.54) is 41.4 Å². The molecule has 1 aromatic carbocycles. The zero-order valence-electron chi connectivity index (χ0n) is 18.5. The highest BCUT2D eigenvalue weighted by Gasteiger charge is 2.55. The number of benzene rings is 1. The van der Waals surface area contributed by atoms with Crippen LogP contribution in [0.4, 0.5) is 0 Å². The Bertz CT molecular complexity index is 724. The zero-order chi connectivity index (χ0) is 20.4. The third-order valence-electron chi connectivity index (χ3n) is 7.95. The summed E-state index contributed by atoms with van der Waals surface area (Å²) in [7, 11) is 0. The van der Waals surface area contributed by atoms with Gasteiger partial charge < -0.3 is 9.22 Å². The van der Waals surface area contributed by atoms with Crippen LogP contribution in [0.3, 0.4) is 0 Å². The monoisotopic (exact) mass is 396 g/mol. The van der Waals surface area contributed by atoms with E-state index >= 15 is 0 Å². The summed E-state index contributed by atoms with van der Waals surface area (Å²) >= 11 is 0. The van der Waals surface area contributed by atoms with E-state index in [-0.39, 0.29) is 18.0 Å². The first kappa shape index (κ1) is 20.7. The molecule has 3 unspecified atom stereocenters. The van der Waals surface area contributed by atoms with Gasteiger partial charge in [0.1, 0.15) is 6.10 Å². The number of carbonyl (C=O) groups is 1. The lowest BCUT2D eigenvalue weighted by Crippen LogP contribution is -2.65. The lowest BCUT2D eigenvalue weighted by atomic mass is 9.83. The molecule has 3 nitrogen and oxygen atoms in total. The molecule has 2 heterocycles. The topological polar surface area (TPSA) is 26.3 Å². The van der Waals surface area contributed by atoms with Crippen molar-refractivity contribution in [2.75, 3.05) is 6.54 Å². The molecule has 0 saturated carbocycles. The molecular weight excluding hydrogens is 358 g/mol. The number of piperidine rings is 1. The van der Waals surface area contributed by atoms with E-state index in [4.69, 9.17) is 4.74 Å². The lowest BCUT2D eigenvalue weighted by Gasteiger charge is -2.52. The molecule has 0 amide bonds. The van der Waals surface area contributed by atoms with Crippen molar-refractivity contribution in [1.82, 2.24) is 0 Å². The van der Waals surface area contributed by atoms with Crippen LogP contribution in [0.15, 0.2) is 36.4 Å². The van der Waals surface area contributed by atoms with Crippen LogP contribution < -0.4 is 0 Å². The fraction of sp³-hybridized carbons (Fsp3) is 0.654. The van der Waals surface area contributed by atoms with Crippen LogP contribution in [0.2, 0.25) is 0 Å². The van der Waals surface area contributed by atoms with E-state index < -0.39 is 0 Å². The van der Waals surface area contributed by atoms with Crippen LogP contribution in [-0.4, -0.2) is 41.2 Å². The Morgan fingerprint density at radius 3 is 2.41 bits per heavy atom. The van der Waals surface area contributed by atoms with Crippen molar-refractivity contribution in [2.45, 2.75) is 96.4 Å². The summed E-state index contributed by atoms with van der Waals surface area (Å²) in [6.45, 7) is 8.38. The Kier molecular flexibility index (Phi) is 6.15. The van der Waals surface area contributed by atoms with Gasteiger partial charge in [-0.25, -0.2) is 0 Å². The number of hydrogen-bond donors (Lipinski definition) is 0. The van der Waals surface area contributed by atoms with Crippen LogP contribution in [0.25, 0.3) is 5.57 Å². The Balaban J connectivity index is 1.46. The number of rotatable bonds is 6. The summed E-state index contributed by atoms with van der Waals surface area (Å²) in [5.41, 5.74) is 2.36. The first-order valence-corrected chi connectivity index (χ1v) is 11.9. The molecular formula is C26H38NO2+. The van der Waals surface area contributed by atoms with Gasteiger partial charge in [-0.2, -0.15) is 0 Å². The smallest absolute Gasteiger partial charge is 0.313 e. The summed E-state index contributed by atoms with van der Waals surface area (Å²) in [4.78, 5) is 13.2. The van der Waals surface area contributed by atoms with Crippen molar-refractivity contribution in [3.05, 3.63) is 42.0 Å². The fourth-order valence-electron chi connectivity index (χ4n) is 6.76. The Morgan fingerprint density at radius 1 is 1.10 bits per heavy atom. The van der Waals surface area contributed by atoms with E-state index in [1.54, 1.807) is 0 Å². The molecule has 3 aliphatic rings. The maximum Gasteiger partial charge on any atom is 0.313 e. The van der Waals surface area contributed by atoms with Crippen LogP contribution in [0, 0.1) is 5.92 Å². The van der Waals surface area contributed by atoms with Crippen LogP contribution in [0.1, 0.15) is 77.7 Å². The van der Waals surface area contributed by atoms with Gasteiger partial charge in [0.2, 0.25) is 0 Å². The second-order valence-electron chi connectivity index (χ2n) is 9.74. The molecule has 0 aromatic heterocycles. The van der Waals surface area contributed by atoms with Crippen molar-refractivity contribution in [1.29, 1.82) is 0 Å². The van der Waals surface area contributed by atoms with Crippen molar-refractivity contribution < 1.29 is 14.0 Å². The van der Waals surface area contributed by atoms with Gasteiger partial charge in [0.25, 0.3) is 0 Å². The molecule has 4 rings (SSSR count). The second kappa shape index (κ2) is 8.63. The number of ether oxygens (including phenoxy) is 1. The number of carbonyl (C=O) groups excluding carboxylic acids is 1. The number of nitrogens with zero attached hydrogens (tertiary/aromatic N) is 1. The van der Waals surface area contributed by atoms with Gasteiger partial charge >= 0.3 is 5.97 Å². The number of quaternary nitrogens is 1. The van der Waals surface area contributed by atoms with Crippen molar-refractivity contribution in [3.8, 4) is 0 Å². The van der Waals surface area contributed by atoms with Crippen molar-refractivity contribution in [2.24, 2.45) is 5.92 Å². The highest BCUT2D eigenvalue weighted by atomic mass is 16.5. The molecule has 29 heavy (non-hydrogen) atoms. The van der Waals surface area contributed by atoms with E-state index in [0.717, 1.165) is 32.1 Å². The normalized spacial score (nSPS) is 34.1. The molecule has 0 N–H and O–H groups in total. The summed E-state index contributed by atoms with van der Waals surface area (Å²) in [6, 6.07) is 12.4. The van der Waals surface area contributed by atoms with Crippen LogP contribution in [0.5, 0.6) is 0 Å². The number of fused-ring (bicyclic) bond motifs is 2. The zero-order valence-corrected chi connectivity index (χ0v) is 18.5. The summed E-state index contributed by atoms with van der Waals surface area (Å²) in [6.07, 6.45) is 11.4. The van der Waals surface area contributed by atoms with Gasteiger partial charge in [0, 0.05) is 25.7 Å². The minimum absolute atomic E-state index is 0.0178. The third kappa shape index (κ3) is 3.79. The van der Waals surface area contributed by atoms with Gasteiger partial charge in [-0.05, 0) is 50.7 Å². The minimum atomic E-state index is -0.0919. The molecule has 1 aliphatic carbocycles. The van der Waals surface area contributed by atoms with Gasteiger partial charge in [-0.15, -0.1) is 0 Å². The highest BCUT2D eigenvalue weighted by molar-refractivity contribution is 5.89. The predicted molar refractivity (Wildman–Crippen MR) is 118 cm³/mol. The molecule has 3 atom stereocenters. The first-order valence-electron chi connectivity index (χ1n) is 11.9. The quantitative estimate of drug-likeness (QED) is 0.452. The molecule has 158 valence electrons. The Morgan fingerprint density at radius 2 is 1.79 bits per heavy atom. The summed E-state index contributed by atoms with van der Waals surface area (Å²) < 4.78 is 7.49. The third-order valence-corrected chi connectivity index (χ3v) is 7.95. The number of hydrogen-bond acceptors (Lipinski definition) is 2. The first-order chi connectivity index (χ1) is 14.1. The average Bonchev–Trinajstić information content (AvgIpc) is 2.93. The summed E-state index contributed by atoms with van der Waals surface area (Å²) in [5.74, 6) is -0.0741. The van der Waals surface area contributed by atoms with Gasteiger partial charge in [-0.1, -0.05) is 43.3 Å². The van der Waals surface area contributed by atoms with Gasteiger partial charge in [0.05, 0.1) is 30.6 Å². The molecule has 3 heteroatoms. The predicted octanol–water partition coefficient (Wildman–Crippen LogP) is 5.74. The molecule has 0 radical (unpaired) electrons. The van der Waals surface area contributed by atoms with Crippen LogP contribution >= 0.6 is 0 Å². The molecule has 2 bridgehead atoms. The summed E-state index contributed by atoms with van der Waals surface area (Å²) in [5, 5.41) is 0. The largest absolute Gasteiger partial charge is 0.461 e. The van der Waals surface area contributed by atoms with E-state index in [0.29, 0.717) is 18.1 Å². The van der Waals surface area contributed by atoms with Gasteiger partial charge in [0.15, 0.2) is 0 Å². The molecule has 0 spiro atoms. The van der Waals surface area contributed by atoms with Crippen molar-refractivity contribution in [3.63, 3.8) is 0 Å². The molecule has 1 aromatic rings. The van der Waals surface area contributed by atoms with Crippen molar-refractivity contribution >= 4 is 11.5 Å². The maximum atomic E-state index is 13.2. The number of allylic oxidation sites excluding steroid dienone is 1. The van der Waals surface area contributed by atoms with Gasteiger partial charge in [-0.3, -0.25) is 4.79 Å². The standard InChI is InChI=1S/C26H38NO2/c1-4-16-27(19(2)3)21-14-15-22(27)18-23(17-21)29-26(28)25-13-9-8-12-24(25)20-10-6-5-7-11-20/h5-7,10-12,19,21-23,25H,4,8-9,13-18H2,1-3H3/q+1. The average molecular weight is 397 g/mol. The van der Waals surface area contributed by atoms with E-state index in [1.807, 2.05) is 6.07 Å². The SMILES string of the molecule is CCC[N+]1(C(C)C)C2CCC1CC(OC(=O)C1CCCC=C1c1ccccc1)C2. The molecule has 2 saturated heterocycles. The minimum Gasteiger partial charge on any atom is -0.461 e. The van der Waals surface area contributed by atoms with E-state index in [2.05, 4.69) is 51.1 Å². The second-order valence-corrected chi connectivity index (χ2v) is 9.74. The Labute approximate surface area is 176 Å². The molecule has 2 aliphatic heterocycles. The fourth-order valence-corrected chi connectivity index (χ4v) is 6.76. The van der Waals surface area contributed by atoms with E-state index in [9.17, 15) is 4.79 Å². The Hall–Kier alpha value is -1.61.